The average Bonchev–Trinajstić information content (AvgIpc) is 2.17. The van der Waals surface area contributed by atoms with Crippen LogP contribution in [0.15, 0.2) is 4.99 Å². The minimum Gasteiger partial charge on any atom is -0.467 e. The van der Waals surface area contributed by atoms with Gasteiger partial charge in [-0.2, -0.15) is 9.97 Å². The number of carbonyl (C=O) groups excluding carboxylic acids is 1. The summed E-state index contributed by atoms with van der Waals surface area (Å²) in [4.78, 5) is 24.1. The van der Waals surface area contributed by atoms with E-state index in [1.54, 1.807) is 0 Å². The van der Waals surface area contributed by atoms with Crippen LogP contribution in [0.5, 0.6) is 12.0 Å². The molecule has 0 saturated heterocycles. The van der Waals surface area contributed by atoms with E-state index >= 15 is 0 Å². The third-order valence-corrected chi connectivity index (χ3v) is 1.09. The topological polar surface area (TPSA) is 86.6 Å². The van der Waals surface area contributed by atoms with E-state index in [0.29, 0.717) is 0 Å². The van der Waals surface area contributed by atoms with E-state index < -0.39 is 0 Å². The van der Waals surface area contributed by atoms with Gasteiger partial charge in [-0.3, -0.25) is 0 Å². The largest absolute Gasteiger partial charge is 0.467 e. The molecular formula is C6H6N4O3. The van der Waals surface area contributed by atoms with Crippen LogP contribution in [0.4, 0.5) is 5.95 Å². The molecule has 0 saturated carbocycles. The normalized spacial score (nSPS) is 8.77. The zero-order valence-electron chi connectivity index (χ0n) is 7.01. The van der Waals surface area contributed by atoms with Gasteiger partial charge in [-0.05, 0) is 0 Å². The van der Waals surface area contributed by atoms with Crippen molar-refractivity contribution in [3.05, 3.63) is 0 Å². The summed E-state index contributed by atoms with van der Waals surface area (Å²) in [5.41, 5.74) is 0. The average molecular weight is 182 g/mol. The second-order valence-electron chi connectivity index (χ2n) is 1.81. The predicted octanol–water partition coefficient (Wildman–Crippen LogP) is -0.144. The van der Waals surface area contributed by atoms with E-state index in [2.05, 4.69) is 19.9 Å². The monoisotopic (exact) mass is 182 g/mol. The quantitative estimate of drug-likeness (QED) is 0.477. The summed E-state index contributed by atoms with van der Waals surface area (Å²) in [6.07, 6.45) is 1.30. The second-order valence-corrected chi connectivity index (χ2v) is 1.81. The summed E-state index contributed by atoms with van der Waals surface area (Å²) in [6, 6.07) is 0.0571. The van der Waals surface area contributed by atoms with Crippen molar-refractivity contribution in [2.75, 3.05) is 14.2 Å². The smallest absolute Gasteiger partial charge is 0.324 e. The first-order chi connectivity index (χ1) is 6.30. The Kier molecular flexibility index (Phi) is 2.88. The molecule has 1 aromatic rings. The molecule has 0 aromatic carbocycles. The molecule has 7 heteroatoms. The highest BCUT2D eigenvalue weighted by Crippen LogP contribution is 2.13. The number of isocyanates is 1. The zero-order valence-corrected chi connectivity index (χ0v) is 7.01. The second kappa shape index (κ2) is 4.13. The van der Waals surface area contributed by atoms with Gasteiger partial charge in [-0.25, -0.2) is 4.79 Å². The molecular weight excluding hydrogens is 176 g/mol. The van der Waals surface area contributed by atoms with E-state index in [1.165, 1.54) is 20.3 Å². The molecule has 0 aliphatic heterocycles. The van der Waals surface area contributed by atoms with Crippen molar-refractivity contribution in [3.63, 3.8) is 0 Å². The Morgan fingerprint density at radius 2 is 1.69 bits per heavy atom. The van der Waals surface area contributed by atoms with Crippen molar-refractivity contribution in [1.82, 2.24) is 15.0 Å². The zero-order chi connectivity index (χ0) is 9.68. The van der Waals surface area contributed by atoms with Crippen LogP contribution in [-0.2, 0) is 4.79 Å². The minimum absolute atomic E-state index is 0.0286. The van der Waals surface area contributed by atoms with Crippen LogP contribution in [0.25, 0.3) is 0 Å². The number of hydrogen-bond donors (Lipinski definition) is 0. The fraction of sp³-hybridized carbons (Fsp3) is 0.333. The van der Waals surface area contributed by atoms with Crippen LogP contribution < -0.4 is 9.47 Å². The molecule has 1 heterocycles. The molecule has 1 rings (SSSR count). The van der Waals surface area contributed by atoms with Crippen molar-refractivity contribution in [1.29, 1.82) is 0 Å². The predicted molar refractivity (Wildman–Crippen MR) is 40.7 cm³/mol. The number of methoxy groups -OCH3 is 2. The maximum absolute atomic E-state index is 9.90. The van der Waals surface area contributed by atoms with Gasteiger partial charge in [0, 0.05) is 0 Å². The minimum atomic E-state index is -0.0984. The maximum Gasteiger partial charge on any atom is 0.324 e. The summed E-state index contributed by atoms with van der Waals surface area (Å²) in [5, 5.41) is 0. The molecule has 0 aliphatic carbocycles. The lowest BCUT2D eigenvalue weighted by molar-refractivity contribution is 0.341. The SMILES string of the molecule is COc1nc(N=C=O)nc(OC)n1. The first kappa shape index (κ1) is 9.08. The molecule has 0 spiro atoms. The van der Waals surface area contributed by atoms with E-state index in [1.807, 2.05) is 0 Å². The molecule has 7 nitrogen and oxygen atoms in total. The Balaban J connectivity index is 3.14. The lowest BCUT2D eigenvalue weighted by Gasteiger charge is -1.99. The first-order valence-corrected chi connectivity index (χ1v) is 3.22. The van der Waals surface area contributed by atoms with Crippen LogP contribution in [0, 0.1) is 0 Å². The van der Waals surface area contributed by atoms with Gasteiger partial charge in [0.1, 0.15) is 0 Å². The molecule has 0 atom stereocenters. The van der Waals surface area contributed by atoms with E-state index in [-0.39, 0.29) is 18.0 Å². The van der Waals surface area contributed by atoms with Crippen LogP contribution in [-0.4, -0.2) is 35.3 Å². The fourth-order valence-electron chi connectivity index (χ4n) is 0.601. The first-order valence-electron chi connectivity index (χ1n) is 3.22. The van der Waals surface area contributed by atoms with Crippen molar-refractivity contribution < 1.29 is 14.3 Å². The van der Waals surface area contributed by atoms with Crippen molar-refractivity contribution >= 4 is 12.0 Å². The Labute approximate surface area is 73.5 Å². The summed E-state index contributed by atoms with van der Waals surface area (Å²) < 4.78 is 9.42. The highest BCUT2D eigenvalue weighted by molar-refractivity contribution is 5.41. The van der Waals surface area contributed by atoms with Gasteiger partial charge in [0.25, 0.3) is 5.95 Å². The molecule has 0 N–H and O–H groups in total. The number of aliphatic imine (C=N–C) groups is 1. The summed E-state index contributed by atoms with van der Waals surface area (Å²) in [7, 11) is 2.76. The molecule has 68 valence electrons. The van der Waals surface area contributed by atoms with Gasteiger partial charge in [-0.1, -0.05) is 0 Å². The van der Waals surface area contributed by atoms with Crippen LogP contribution >= 0.6 is 0 Å². The molecule has 0 radical (unpaired) electrons. The summed E-state index contributed by atoms with van der Waals surface area (Å²) in [6.45, 7) is 0. The summed E-state index contributed by atoms with van der Waals surface area (Å²) in [5.74, 6) is -0.0984. The molecule has 0 amide bonds. The van der Waals surface area contributed by atoms with E-state index in [9.17, 15) is 4.79 Å². The number of aromatic nitrogens is 3. The Hall–Kier alpha value is -2.01. The highest BCUT2D eigenvalue weighted by Gasteiger charge is 2.05. The molecule has 0 unspecified atom stereocenters. The highest BCUT2D eigenvalue weighted by atomic mass is 16.5. The Bertz CT molecular complexity index is 325. The van der Waals surface area contributed by atoms with E-state index in [4.69, 9.17) is 9.47 Å². The number of hydrogen-bond acceptors (Lipinski definition) is 7. The van der Waals surface area contributed by atoms with Gasteiger partial charge >= 0.3 is 12.0 Å². The molecule has 0 aliphatic rings. The number of nitrogens with zero attached hydrogens (tertiary/aromatic N) is 4. The van der Waals surface area contributed by atoms with Crippen molar-refractivity contribution in [2.24, 2.45) is 4.99 Å². The van der Waals surface area contributed by atoms with Gasteiger partial charge < -0.3 is 9.47 Å². The van der Waals surface area contributed by atoms with Crippen molar-refractivity contribution in [3.8, 4) is 12.0 Å². The van der Waals surface area contributed by atoms with Crippen LogP contribution in [0.1, 0.15) is 0 Å². The molecule has 1 aromatic heterocycles. The lowest BCUT2D eigenvalue weighted by atomic mass is 10.9. The third kappa shape index (κ3) is 2.21. The fourth-order valence-corrected chi connectivity index (χ4v) is 0.601. The van der Waals surface area contributed by atoms with Crippen LogP contribution in [0.2, 0.25) is 0 Å². The van der Waals surface area contributed by atoms with Gasteiger partial charge in [-0.15, -0.1) is 9.98 Å². The molecule has 13 heavy (non-hydrogen) atoms. The summed E-state index contributed by atoms with van der Waals surface area (Å²) >= 11 is 0. The van der Waals surface area contributed by atoms with Crippen molar-refractivity contribution in [2.45, 2.75) is 0 Å². The Morgan fingerprint density at radius 1 is 1.15 bits per heavy atom. The molecule has 0 fully saturated rings. The number of ether oxygens (including phenoxy) is 2. The third-order valence-electron chi connectivity index (χ3n) is 1.09. The number of rotatable bonds is 3. The van der Waals surface area contributed by atoms with Gasteiger partial charge in [0.2, 0.25) is 6.08 Å². The van der Waals surface area contributed by atoms with Crippen LogP contribution in [0.3, 0.4) is 0 Å². The standard InChI is InChI=1S/C6H6N4O3/c1-12-5-8-4(7-3-11)9-6(10-5)13-2/h1-2H3. The lowest BCUT2D eigenvalue weighted by Crippen LogP contribution is -1.97. The van der Waals surface area contributed by atoms with Gasteiger partial charge in [0.05, 0.1) is 14.2 Å². The maximum atomic E-state index is 9.90. The van der Waals surface area contributed by atoms with Gasteiger partial charge in [0.15, 0.2) is 0 Å². The Morgan fingerprint density at radius 3 is 2.08 bits per heavy atom. The molecule has 0 bridgehead atoms. The van der Waals surface area contributed by atoms with E-state index in [0.717, 1.165) is 0 Å².